The number of methoxy groups -OCH3 is 1. The molecule has 0 aliphatic carbocycles. The van der Waals surface area contributed by atoms with Crippen molar-refractivity contribution < 1.29 is 9.53 Å². The summed E-state index contributed by atoms with van der Waals surface area (Å²) in [5.41, 5.74) is 1.20. The third-order valence-electron chi connectivity index (χ3n) is 2.41. The molecule has 0 fully saturated rings. The molecular formula is C12H10Cl2N2O2. The molecule has 2 rings (SSSR count). The second kappa shape index (κ2) is 5.42. The lowest BCUT2D eigenvalue weighted by Crippen LogP contribution is -2.01. The summed E-state index contributed by atoms with van der Waals surface area (Å²) >= 11 is 11.9. The van der Waals surface area contributed by atoms with Crippen LogP contribution in [-0.2, 0) is 11.2 Å². The first-order chi connectivity index (χ1) is 8.60. The van der Waals surface area contributed by atoms with Crippen molar-refractivity contribution in [2.75, 3.05) is 7.11 Å². The number of ether oxygens (including phenoxy) is 1. The van der Waals surface area contributed by atoms with Crippen molar-refractivity contribution in [3.05, 3.63) is 51.5 Å². The summed E-state index contributed by atoms with van der Waals surface area (Å²) in [4.78, 5) is 18.2. The van der Waals surface area contributed by atoms with Gasteiger partial charge >= 0.3 is 5.97 Å². The van der Waals surface area contributed by atoms with Crippen LogP contribution in [0.2, 0.25) is 10.0 Å². The van der Waals surface area contributed by atoms with E-state index in [1.54, 1.807) is 12.1 Å². The summed E-state index contributed by atoms with van der Waals surface area (Å²) in [6.45, 7) is 0. The molecule has 18 heavy (non-hydrogen) atoms. The normalized spacial score (nSPS) is 10.4. The van der Waals surface area contributed by atoms with Gasteiger partial charge in [0.25, 0.3) is 0 Å². The summed E-state index contributed by atoms with van der Waals surface area (Å²) in [6.07, 6.45) is 1.93. The number of carbonyl (C=O) groups excluding carboxylic acids is 1. The van der Waals surface area contributed by atoms with Gasteiger partial charge in [0.1, 0.15) is 11.5 Å². The quantitative estimate of drug-likeness (QED) is 0.882. The van der Waals surface area contributed by atoms with E-state index in [-0.39, 0.29) is 0 Å². The summed E-state index contributed by atoms with van der Waals surface area (Å²) in [5, 5.41) is 1.15. The van der Waals surface area contributed by atoms with Gasteiger partial charge in [0.05, 0.1) is 13.3 Å². The second-order valence-corrected chi connectivity index (χ2v) is 4.49. The van der Waals surface area contributed by atoms with Gasteiger partial charge in [0.15, 0.2) is 0 Å². The minimum atomic E-state index is -0.448. The number of aromatic nitrogens is 2. The van der Waals surface area contributed by atoms with Crippen molar-refractivity contribution >= 4 is 29.2 Å². The Balaban J connectivity index is 2.18. The maximum Gasteiger partial charge on any atom is 0.356 e. The van der Waals surface area contributed by atoms with E-state index < -0.39 is 5.97 Å². The molecule has 0 amide bonds. The molecule has 94 valence electrons. The van der Waals surface area contributed by atoms with Crippen LogP contribution in [-0.4, -0.2) is 23.0 Å². The predicted octanol–water partition coefficient (Wildman–Crippen LogP) is 3.09. The highest BCUT2D eigenvalue weighted by atomic mass is 35.5. The van der Waals surface area contributed by atoms with Crippen LogP contribution in [0.1, 0.15) is 21.9 Å². The molecule has 0 bridgehead atoms. The third-order valence-corrected chi connectivity index (χ3v) is 2.99. The lowest BCUT2D eigenvalue weighted by molar-refractivity contribution is 0.0594. The number of rotatable bonds is 3. The number of esters is 1. The number of hydrogen-bond acceptors (Lipinski definition) is 3. The standard InChI is InChI=1S/C12H10Cl2N2O2/c1-18-12(17)10-6-15-11(16-10)4-7-2-3-8(13)5-9(7)14/h2-3,5-6H,4H2,1H3,(H,15,16). The molecule has 1 aromatic heterocycles. The zero-order chi connectivity index (χ0) is 13.1. The van der Waals surface area contributed by atoms with Gasteiger partial charge < -0.3 is 9.72 Å². The Morgan fingerprint density at radius 2 is 2.22 bits per heavy atom. The number of nitrogens with zero attached hydrogens (tertiary/aromatic N) is 1. The van der Waals surface area contributed by atoms with E-state index in [1.807, 2.05) is 6.07 Å². The van der Waals surface area contributed by atoms with E-state index in [2.05, 4.69) is 14.7 Å². The van der Waals surface area contributed by atoms with Gasteiger partial charge in [-0.25, -0.2) is 9.78 Å². The van der Waals surface area contributed by atoms with E-state index in [4.69, 9.17) is 23.2 Å². The van der Waals surface area contributed by atoms with Gasteiger partial charge in [0.2, 0.25) is 0 Å². The van der Waals surface area contributed by atoms with Gasteiger partial charge in [-0.3, -0.25) is 0 Å². The van der Waals surface area contributed by atoms with Crippen LogP contribution < -0.4 is 0 Å². The summed E-state index contributed by atoms with van der Waals surface area (Å²) in [6, 6.07) is 5.25. The smallest absolute Gasteiger partial charge is 0.356 e. The van der Waals surface area contributed by atoms with Crippen LogP contribution in [0.4, 0.5) is 0 Å². The Morgan fingerprint density at radius 3 is 2.89 bits per heavy atom. The summed E-state index contributed by atoms with van der Waals surface area (Å²) in [5.74, 6) is 0.190. The van der Waals surface area contributed by atoms with Crippen LogP contribution in [0.25, 0.3) is 0 Å². The zero-order valence-corrected chi connectivity index (χ0v) is 11.0. The molecule has 2 aromatic rings. The number of aromatic amines is 1. The highest BCUT2D eigenvalue weighted by Gasteiger charge is 2.10. The zero-order valence-electron chi connectivity index (χ0n) is 9.54. The fourth-order valence-electron chi connectivity index (χ4n) is 1.51. The van der Waals surface area contributed by atoms with E-state index in [1.165, 1.54) is 13.3 Å². The molecule has 4 nitrogen and oxygen atoms in total. The maximum atomic E-state index is 11.3. The fraction of sp³-hybridized carbons (Fsp3) is 0.167. The van der Waals surface area contributed by atoms with Gasteiger partial charge in [-0.2, -0.15) is 0 Å². The van der Waals surface area contributed by atoms with E-state index in [9.17, 15) is 4.79 Å². The first-order valence-corrected chi connectivity index (χ1v) is 5.92. The molecule has 0 radical (unpaired) electrons. The van der Waals surface area contributed by atoms with Crippen LogP contribution in [0.3, 0.4) is 0 Å². The first-order valence-electron chi connectivity index (χ1n) is 5.16. The molecule has 0 unspecified atom stereocenters. The van der Waals surface area contributed by atoms with Crippen LogP contribution in [0.5, 0.6) is 0 Å². The number of H-pyrrole nitrogens is 1. The van der Waals surface area contributed by atoms with Gasteiger partial charge in [-0.1, -0.05) is 29.3 Å². The molecule has 0 aliphatic heterocycles. The number of hydrogen-bond donors (Lipinski definition) is 1. The number of halogens is 2. The second-order valence-electron chi connectivity index (χ2n) is 3.65. The fourth-order valence-corrected chi connectivity index (χ4v) is 1.99. The predicted molar refractivity (Wildman–Crippen MR) is 69.2 cm³/mol. The van der Waals surface area contributed by atoms with Crippen molar-refractivity contribution in [1.82, 2.24) is 9.97 Å². The average molecular weight is 285 g/mol. The van der Waals surface area contributed by atoms with Gasteiger partial charge in [-0.15, -0.1) is 0 Å². The largest absolute Gasteiger partial charge is 0.464 e. The molecule has 0 atom stereocenters. The molecule has 1 heterocycles. The SMILES string of the molecule is COC(=O)c1cnc(Cc2ccc(Cl)cc2Cl)[nH]1. The Morgan fingerprint density at radius 1 is 1.44 bits per heavy atom. The van der Waals surface area contributed by atoms with E-state index in [0.717, 1.165) is 5.56 Å². The van der Waals surface area contributed by atoms with E-state index in [0.29, 0.717) is 28.0 Å². The van der Waals surface area contributed by atoms with Crippen molar-refractivity contribution in [2.45, 2.75) is 6.42 Å². The highest BCUT2D eigenvalue weighted by Crippen LogP contribution is 2.22. The van der Waals surface area contributed by atoms with Crippen LogP contribution in [0, 0.1) is 0 Å². The number of carbonyl (C=O) groups is 1. The van der Waals surface area contributed by atoms with E-state index >= 15 is 0 Å². The molecule has 0 saturated carbocycles. The Kier molecular flexibility index (Phi) is 3.89. The number of imidazole rings is 1. The Bertz CT molecular complexity index is 581. The number of benzene rings is 1. The first kappa shape index (κ1) is 12.9. The number of nitrogens with one attached hydrogen (secondary N) is 1. The lowest BCUT2D eigenvalue weighted by atomic mass is 10.1. The monoisotopic (exact) mass is 284 g/mol. The molecule has 0 aliphatic rings. The molecule has 1 aromatic carbocycles. The summed E-state index contributed by atoms with van der Waals surface area (Å²) < 4.78 is 4.59. The minimum Gasteiger partial charge on any atom is -0.464 e. The molecular weight excluding hydrogens is 275 g/mol. The van der Waals surface area contributed by atoms with Crippen molar-refractivity contribution in [1.29, 1.82) is 0 Å². The molecule has 1 N–H and O–H groups in total. The van der Waals surface area contributed by atoms with Crippen molar-refractivity contribution in [3.8, 4) is 0 Å². The minimum absolute atomic E-state index is 0.317. The van der Waals surface area contributed by atoms with Crippen molar-refractivity contribution in [2.24, 2.45) is 0 Å². The van der Waals surface area contributed by atoms with Gasteiger partial charge in [0, 0.05) is 16.5 Å². The topological polar surface area (TPSA) is 55.0 Å². The Labute approximate surface area is 114 Å². The molecule has 0 spiro atoms. The Hall–Kier alpha value is -1.52. The molecule has 0 saturated heterocycles. The van der Waals surface area contributed by atoms with Crippen molar-refractivity contribution in [3.63, 3.8) is 0 Å². The summed E-state index contributed by atoms with van der Waals surface area (Å²) in [7, 11) is 1.32. The average Bonchev–Trinajstić information content (AvgIpc) is 2.80. The highest BCUT2D eigenvalue weighted by molar-refractivity contribution is 6.35. The lowest BCUT2D eigenvalue weighted by Gasteiger charge is -2.02. The van der Waals surface area contributed by atoms with Gasteiger partial charge in [-0.05, 0) is 17.7 Å². The van der Waals surface area contributed by atoms with Crippen LogP contribution in [0.15, 0.2) is 24.4 Å². The third kappa shape index (κ3) is 2.83. The van der Waals surface area contributed by atoms with Crippen LogP contribution >= 0.6 is 23.2 Å². The molecule has 6 heteroatoms. The maximum absolute atomic E-state index is 11.3.